The number of ketones is 1. The Labute approximate surface area is 130 Å². The fraction of sp³-hybridized carbons (Fsp3) is 0.500. The van der Waals surface area contributed by atoms with E-state index in [9.17, 15) is 4.79 Å². The quantitative estimate of drug-likeness (QED) is 0.802. The van der Waals surface area contributed by atoms with E-state index in [2.05, 4.69) is 0 Å². The summed E-state index contributed by atoms with van der Waals surface area (Å²) in [6, 6.07) is 2.82. The van der Waals surface area contributed by atoms with Gasteiger partial charge in [-0.3, -0.25) is 9.69 Å². The Bertz CT molecular complexity index is 747. The number of rotatable bonds is 3. The molecule has 4 nitrogen and oxygen atoms in total. The lowest BCUT2D eigenvalue weighted by Gasteiger charge is -2.22. The summed E-state index contributed by atoms with van der Waals surface area (Å²) in [5.41, 5.74) is 0.0985. The Balaban J connectivity index is 0.00000261. The molecule has 1 unspecified atom stereocenters. The van der Waals surface area contributed by atoms with E-state index in [1.807, 2.05) is 0 Å². The third kappa shape index (κ3) is 2.69. The lowest BCUT2D eigenvalue weighted by atomic mass is 10.0. The molecule has 1 fully saturated rings. The number of halogens is 1. The zero-order chi connectivity index (χ0) is 19.7. The van der Waals surface area contributed by atoms with E-state index in [4.69, 9.17) is 20.4 Å². The second-order valence-electron chi connectivity index (χ2n) is 3.95. The van der Waals surface area contributed by atoms with Crippen molar-refractivity contribution in [3.05, 3.63) is 23.8 Å². The molecule has 0 aromatic heterocycles. The number of hydrogen-bond donors (Lipinski definition) is 0. The summed E-state index contributed by atoms with van der Waals surface area (Å²) in [5, 5.41) is 0. The van der Waals surface area contributed by atoms with Crippen LogP contribution in [0.2, 0.25) is 0 Å². The van der Waals surface area contributed by atoms with Crippen LogP contribution in [-0.4, -0.2) is 36.5 Å². The maximum atomic E-state index is 12.8. The molecule has 0 bridgehead atoms. The van der Waals surface area contributed by atoms with E-state index in [1.54, 1.807) is 0 Å². The zero-order valence-corrected chi connectivity index (χ0v) is 10.9. The lowest BCUT2D eigenvalue weighted by molar-refractivity contribution is 0.0866. The highest BCUT2D eigenvalue weighted by atomic mass is 35.5. The van der Waals surface area contributed by atoms with E-state index in [0.717, 1.165) is 0 Å². The second-order valence-corrected chi connectivity index (χ2v) is 3.95. The van der Waals surface area contributed by atoms with Crippen LogP contribution in [0.4, 0.5) is 0 Å². The van der Waals surface area contributed by atoms with E-state index < -0.39 is 37.6 Å². The Morgan fingerprint density at radius 2 is 2.00 bits per heavy atom. The van der Waals surface area contributed by atoms with Crippen molar-refractivity contribution in [3.63, 3.8) is 0 Å². The van der Waals surface area contributed by atoms with Crippen molar-refractivity contribution in [2.75, 3.05) is 19.8 Å². The van der Waals surface area contributed by atoms with Gasteiger partial charge in [0.25, 0.3) is 0 Å². The fourth-order valence-electron chi connectivity index (χ4n) is 1.81. The molecule has 0 saturated carbocycles. The number of Topliss-reactive ketones (excluding diaryl/α,β-unsaturated/α-hetero) is 1. The molecule has 0 radical (unpaired) electrons. The van der Waals surface area contributed by atoms with Crippen molar-refractivity contribution in [3.8, 4) is 11.5 Å². The molecule has 104 valence electrons. The van der Waals surface area contributed by atoms with Crippen LogP contribution in [0.1, 0.15) is 41.0 Å². The molecule has 2 aliphatic heterocycles. The number of nitrogens with zero attached hydrogens (tertiary/aromatic N) is 1. The first-order chi connectivity index (χ1) is 11.8. The van der Waals surface area contributed by atoms with Gasteiger partial charge in [-0.15, -0.1) is 12.4 Å². The molecule has 0 aliphatic carbocycles. The number of fused-ring (bicyclic) bond motifs is 1. The summed E-state index contributed by atoms with van der Waals surface area (Å²) in [5.74, 6) is 0.0689. The van der Waals surface area contributed by atoms with Gasteiger partial charge in [0.2, 0.25) is 6.79 Å². The first-order valence-electron chi connectivity index (χ1n) is 9.50. The van der Waals surface area contributed by atoms with E-state index in [-0.39, 0.29) is 24.8 Å². The maximum absolute atomic E-state index is 12.8. The molecule has 0 spiro atoms. The summed E-state index contributed by atoms with van der Waals surface area (Å²) >= 11 is 0. The van der Waals surface area contributed by atoms with Crippen molar-refractivity contribution in [2.45, 2.75) is 25.7 Å². The van der Waals surface area contributed by atoms with Crippen LogP contribution < -0.4 is 9.47 Å². The SMILES string of the molecule is Cl.[2H]C1([2H])N(C(C)C(=O)c2ccc3c(c2)OCO3)C([2H])([2H])C([2H])([2H])C1([2H])[2H]. The maximum Gasteiger partial charge on any atom is 0.231 e. The molecule has 0 N–H and O–H groups in total. The molecule has 1 aromatic rings. The summed E-state index contributed by atoms with van der Waals surface area (Å²) in [6.07, 6.45) is -6.35. The molecular weight excluding hydrogens is 266 g/mol. The number of benzene rings is 1. The highest BCUT2D eigenvalue weighted by molar-refractivity contribution is 6.00. The number of ether oxygens (including phenoxy) is 2. The predicted molar refractivity (Wildman–Crippen MR) is 74.4 cm³/mol. The van der Waals surface area contributed by atoms with Crippen LogP contribution in [-0.2, 0) is 0 Å². The molecule has 1 aromatic carbocycles. The van der Waals surface area contributed by atoms with Gasteiger partial charge in [-0.1, -0.05) is 0 Å². The van der Waals surface area contributed by atoms with Crippen LogP contribution in [0.15, 0.2) is 18.2 Å². The standard InChI is InChI=1S/C14H17NO3.ClH/c1-10(15-6-2-3-7-15)14(16)11-4-5-12-13(8-11)18-9-17-12;/h4-5,8,10H,2-3,6-7,9H2,1H3;1H/i2D2,3D2,6D2,7D2;. The summed E-state index contributed by atoms with van der Waals surface area (Å²) < 4.78 is 73.6. The second kappa shape index (κ2) is 5.80. The Morgan fingerprint density at radius 1 is 1.32 bits per heavy atom. The molecule has 1 saturated heterocycles. The van der Waals surface area contributed by atoms with E-state index in [1.165, 1.54) is 25.1 Å². The van der Waals surface area contributed by atoms with Gasteiger partial charge in [0.05, 0.1) is 6.04 Å². The van der Waals surface area contributed by atoms with Crippen LogP contribution >= 0.6 is 12.4 Å². The van der Waals surface area contributed by atoms with Gasteiger partial charge in [-0.25, -0.2) is 0 Å². The van der Waals surface area contributed by atoms with Gasteiger partial charge in [0.1, 0.15) is 0 Å². The minimum absolute atomic E-state index is 0. The molecule has 0 amide bonds. The third-order valence-corrected chi connectivity index (χ3v) is 2.84. The highest BCUT2D eigenvalue weighted by Crippen LogP contribution is 2.33. The molecule has 19 heavy (non-hydrogen) atoms. The zero-order valence-electron chi connectivity index (χ0n) is 18.1. The minimum Gasteiger partial charge on any atom is -0.454 e. The Hall–Kier alpha value is -1.26. The molecule has 1 atom stereocenters. The van der Waals surface area contributed by atoms with Crippen LogP contribution in [0.25, 0.3) is 0 Å². The first-order valence-corrected chi connectivity index (χ1v) is 5.50. The predicted octanol–water partition coefficient (Wildman–Crippen LogP) is 2.50. The van der Waals surface area contributed by atoms with E-state index >= 15 is 0 Å². The third-order valence-electron chi connectivity index (χ3n) is 2.84. The molecular formula is C14H18ClNO3. The number of carbonyl (C=O) groups is 1. The summed E-state index contributed by atoms with van der Waals surface area (Å²) in [4.78, 5) is 13.2. The average Bonchev–Trinajstić information content (AvgIpc) is 3.02. The van der Waals surface area contributed by atoms with Crippen LogP contribution in [0.5, 0.6) is 11.5 Å². The van der Waals surface area contributed by atoms with Gasteiger partial charge >= 0.3 is 0 Å². The molecule has 5 heteroatoms. The van der Waals surface area contributed by atoms with Gasteiger partial charge in [0, 0.05) is 16.5 Å². The minimum atomic E-state index is -3.17. The summed E-state index contributed by atoms with van der Waals surface area (Å²) in [6.45, 7) is -4.88. The monoisotopic (exact) mass is 291 g/mol. The van der Waals surface area contributed by atoms with Gasteiger partial charge in [-0.2, -0.15) is 0 Å². The van der Waals surface area contributed by atoms with Crippen molar-refractivity contribution >= 4 is 18.2 Å². The van der Waals surface area contributed by atoms with Crippen molar-refractivity contribution < 1.29 is 25.2 Å². The topological polar surface area (TPSA) is 38.8 Å². The van der Waals surface area contributed by atoms with Crippen molar-refractivity contribution in [1.82, 2.24) is 4.90 Å². The normalized spacial score (nSPS) is 35.8. The Morgan fingerprint density at radius 3 is 2.74 bits per heavy atom. The van der Waals surface area contributed by atoms with Gasteiger partial charge in [0.15, 0.2) is 17.3 Å². The average molecular weight is 292 g/mol. The Kier molecular flexibility index (Phi) is 2.12. The highest BCUT2D eigenvalue weighted by Gasteiger charge is 2.26. The van der Waals surface area contributed by atoms with Gasteiger partial charge < -0.3 is 9.47 Å². The smallest absolute Gasteiger partial charge is 0.231 e. The number of carbonyl (C=O) groups excluding carboxylic acids is 1. The molecule has 2 heterocycles. The fourth-order valence-corrected chi connectivity index (χ4v) is 1.81. The number of hydrogen-bond acceptors (Lipinski definition) is 4. The largest absolute Gasteiger partial charge is 0.454 e. The van der Waals surface area contributed by atoms with Crippen molar-refractivity contribution in [1.29, 1.82) is 0 Å². The first kappa shape index (κ1) is 6.95. The van der Waals surface area contributed by atoms with E-state index in [0.29, 0.717) is 16.4 Å². The molecule has 2 aliphatic rings. The molecule has 3 rings (SSSR count). The van der Waals surface area contributed by atoms with Crippen molar-refractivity contribution in [2.24, 2.45) is 0 Å². The van der Waals surface area contributed by atoms with Crippen LogP contribution in [0.3, 0.4) is 0 Å². The lowest BCUT2D eigenvalue weighted by Crippen LogP contribution is -2.36. The van der Waals surface area contributed by atoms with Gasteiger partial charge in [-0.05, 0) is 50.9 Å². The van der Waals surface area contributed by atoms with Crippen LogP contribution in [0, 0.1) is 0 Å². The summed E-state index contributed by atoms with van der Waals surface area (Å²) in [7, 11) is 0. The number of likely N-dealkylation sites (tertiary alicyclic amines) is 1.